The summed E-state index contributed by atoms with van der Waals surface area (Å²) in [6.07, 6.45) is 1.06. The highest BCUT2D eigenvalue weighted by Gasteiger charge is 2.04. The van der Waals surface area contributed by atoms with Crippen LogP contribution >= 0.6 is 11.6 Å². The van der Waals surface area contributed by atoms with Gasteiger partial charge in [0.25, 0.3) is 0 Å². The lowest BCUT2D eigenvalue weighted by atomic mass is 10.1. The Labute approximate surface area is 154 Å². The number of benzene rings is 3. The van der Waals surface area contributed by atoms with E-state index in [0.29, 0.717) is 6.61 Å². The average Bonchev–Trinajstić information content (AvgIpc) is 2.66. The highest BCUT2D eigenvalue weighted by molar-refractivity contribution is 6.30. The molecular formula is C22H22ClNO. The topological polar surface area (TPSA) is 21.3 Å². The van der Waals surface area contributed by atoms with Gasteiger partial charge in [0.2, 0.25) is 0 Å². The molecule has 0 aromatic heterocycles. The van der Waals surface area contributed by atoms with E-state index in [4.69, 9.17) is 16.3 Å². The van der Waals surface area contributed by atoms with Gasteiger partial charge in [-0.25, -0.2) is 0 Å². The normalized spacial score (nSPS) is 10.5. The van der Waals surface area contributed by atoms with E-state index in [9.17, 15) is 0 Å². The summed E-state index contributed by atoms with van der Waals surface area (Å²) in [5, 5.41) is 4.19. The fourth-order valence-corrected chi connectivity index (χ4v) is 2.85. The zero-order valence-electron chi connectivity index (χ0n) is 14.3. The first-order chi connectivity index (χ1) is 12.2. The molecule has 0 saturated carbocycles. The minimum absolute atomic E-state index is 0.503. The van der Waals surface area contributed by atoms with Crippen LogP contribution in [0.1, 0.15) is 23.6 Å². The van der Waals surface area contributed by atoms with E-state index in [1.165, 1.54) is 5.56 Å². The van der Waals surface area contributed by atoms with E-state index in [0.717, 1.165) is 40.6 Å². The fraction of sp³-hybridized carbons (Fsp3) is 0.182. The second kappa shape index (κ2) is 8.59. The highest BCUT2D eigenvalue weighted by atomic mass is 35.5. The van der Waals surface area contributed by atoms with E-state index in [-0.39, 0.29) is 0 Å². The van der Waals surface area contributed by atoms with Gasteiger partial charge in [0, 0.05) is 22.8 Å². The van der Waals surface area contributed by atoms with Crippen LogP contribution in [0.3, 0.4) is 0 Å². The number of para-hydroxylation sites is 1. The molecule has 0 saturated heterocycles. The fourth-order valence-electron chi connectivity index (χ4n) is 2.63. The molecule has 3 heteroatoms. The molecule has 0 aliphatic carbocycles. The van der Waals surface area contributed by atoms with Crippen LogP contribution in [-0.2, 0) is 19.6 Å². The molecule has 1 N–H and O–H groups in total. The van der Waals surface area contributed by atoms with Crippen molar-refractivity contribution in [3.8, 4) is 5.75 Å². The highest BCUT2D eigenvalue weighted by Crippen LogP contribution is 2.22. The van der Waals surface area contributed by atoms with Gasteiger partial charge in [-0.3, -0.25) is 0 Å². The molecule has 2 nitrogen and oxygen atoms in total. The van der Waals surface area contributed by atoms with Crippen LogP contribution in [0.5, 0.6) is 5.75 Å². The molecule has 3 aromatic carbocycles. The zero-order chi connectivity index (χ0) is 17.5. The molecule has 0 bridgehead atoms. The Morgan fingerprint density at radius 2 is 1.68 bits per heavy atom. The van der Waals surface area contributed by atoms with Crippen molar-refractivity contribution in [3.63, 3.8) is 0 Å². The second-order valence-electron chi connectivity index (χ2n) is 5.93. The monoisotopic (exact) mass is 351 g/mol. The molecule has 0 radical (unpaired) electrons. The number of hydrogen-bond acceptors (Lipinski definition) is 2. The maximum atomic E-state index is 6.03. The molecule has 0 spiro atoms. The van der Waals surface area contributed by atoms with Crippen LogP contribution in [-0.4, -0.2) is 0 Å². The van der Waals surface area contributed by atoms with E-state index in [1.54, 1.807) is 0 Å². The van der Waals surface area contributed by atoms with E-state index >= 15 is 0 Å². The summed E-state index contributed by atoms with van der Waals surface area (Å²) in [5.74, 6) is 0.889. The van der Waals surface area contributed by atoms with Gasteiger partial charge in [-0.2, -0.15) is 0 Å². The Hall–Kier alpha value is -2.45. The first kappa shape index (κ1) is 17.4. The smallest absolute Gasteiger partial charge is 0.124 e. The molecular weight excluding hydrogens is 330 g/mol. The van der Waals surface area contributed by atoms with Crippen LogP contribution in [0.2, 0.25) is 5.02 Å². The van der Waals surface area contributed by atoms with Crippen LogP contribution < -0.4 is 10.1 Å². The molecule has 0 heterocycles. The third-order valence-corrected chi connectivity index (χ3v) is 4.34. The minimum Gasteiger partial charge on any atom is -0.489 e. The summed E-state index contributed by atoms with van der Waals surface area (Å²) >= 11 is 6.03. The molecule has 0 fully saturated rings. The standard InChI is InChI=1S/C22H22ClNO/c1-2-17-10-12-21(13-11-17)24-15-19-7-3-4-9-22(19)25-16-18-6-5-8-20(23)14-18/h3-14,24H,2,15-16H2,1H3. The van der Waals surface area contributed by atoms with Crippen LogP contribution in [0, 0.1) is 0 Å². The summed E-state index contributed by atoms with van der Waals surface area (Å²) in [4.78, 5) is 0. The number of nitrogens with one attached hydrogen (secondary N) is 1. The zero-order valence-corrected chi connectivity index (χ0v) is 15.1. The van der Waals surface area contributed by atoms with Crippen LogP contribution in [0.15, 0.2) is 72.8 Å². The maximum Gasteiger partial charge on any atom is 0.124 e. The number of aryl methyl sites for hydroxylation is 1. The third kappa shape index (κ3) is 5.01. The van der Waals surface area contributed by atoms with E-state index in [1.807, 2.05) is 42.5 Å². The number of rotatable bonds is 7. The van der Waals surface area contributed by atoms with Crippen molar-refractivity contribution in [2.45, 2.75) is 26.5 Å². The number of halogens is 1. The second-order valence-corrected chi connectivity index (χ2v) is 6.37. The largest absolute Gasteiger partial charge is 0.489 e. The molecule has 0 amide bonds. The molecule has 0 unspecified atom stereocenters. The van der Waals surface area contributed by atoms with Gasteiger partial charge in [-0.05, 0) is 47.9 Å². The Balaban J connectivity index is 1.63. The quantitative estimate of drug-likeness (QED) is 0.555. The summed E-state index contributed by atoms with van der Waals surface area (Å²) in [6, 6.07) is 24.4. The van der Waals surface area contributed by atoms with E-state index in [2.05, 4.69) is 42.6 Å². The summed E-state index contributed by atoms with van der Waals surface area (Å²) in [7, 11) is 0. The summed E-state index contributed by atoms with van der Waals surface area (Å²) in [5.41, 5.74) is 4.65. The SMILES string of the molecule is CCc1ccc(NCc2ccccc2OCc2cccc(Cl)c2)cc1. The first-order valence-electron chi connectivity index (χ1n) is 8.52. The summed E-state index contributed by atoms with van der Waals surface area (Å²) < 4.78 is 6.00. The van der Waals surface area contributed by atoms with Crippen LogP contribution in [0.25, 0.3) is 0 Å². The van der Waals surface area contributed by atoms with Gasteiger partial charge in [0.15, 0.2) is 0 Å². The van der Waals surface area contributed by atoms with E-state index < -0.39 is 0 Å². The van der Waals surface area contributed by atoms with Crippen molar-refractivity contribution in [2.24, 2.45) is 0 Å². The van der Waals surface area contributed by atoms with Crippen LogP contribution in [0.4, 0.5) is 5.69 Å². The van der Waals surface area contributed by atoms with Gasteiger partial charge in [0.05, 0.1) is 0 Å². The molecule has 3 aromatic rings. The molecule has 0 atom stereocenters. The van der Waals surface area contributed by atoms with Gasteiger partial charge >= 0.3 is 0 Å². The average molecular weight is 352 g/mol. The number of hydrogen-bond donors (Lipinski definition) is 1. The number of ether oxygens (including phenoxy) is 1. The molecule has 25 heavy (non-hydrogen) atoms. The van der Waals surface area contributed by atoms with Gasteiger partial charge in [-0.1, -0.05) is 61.0 Å². The Morgan fingerprint density at radius 1 is 0.880 bits per heavy atom. The Kier molecular flexibility index (Phi) is 5.97. The number of anilines is 1. The molecule has 0 aliphatic rings. The van der Waals surface area contributed by atoms with Gasteiger partial charge in [0.1, 0.15) is 12.4 Å². The predicted molar refractivity (Wildman–Crippen MR) is 105 cm³/mol. The maximum absolute atomic E-state index is 6.03. The Morgan fingerprint density at radius 3 is 2.44 bits per heavy atom. The lowest BCUT2D eigenvalue weighted by molar-refractivity contribution is 0.303. The van der Waals surface area contributed by atoms with Gasteiger partial charge < -0.3 is 10.1 Å². The lowest BCUT2D eigenvalue weighted by Crippen LogP contribution is -2.03. The van der Waals surface area contributed by atoms with Crippen molar-refractivity contribution in [1.82, 2.24) is 0 Å². The minimum atomic E-state index is 0.503. The predicted octanol–water partition coefficient (Wildman–Crippen LogP) is 6.09. The van der Waals surface area contributed by atoms with Crippen molar-refractivity contribution in [1.29, 1.82) is 0 Å². The van der Waals surface area contributed by atoms with Crippen molar-refractivity contribution in [2.75, 3.05) is 5.32 Å². The summed E-state index contributed by atoms with van der Waals surface area (Å²) in [6.45, 7) is 3.38. The van der Waals surface area contributed by atoms with Crippen molar-refractivity contribution >= 4 is 17.3 Å². The van der Waals surface area contributed by atoms with Crippen molar-refractivity contribution in [3.05, 3.63) is 94.5 Å². The first-order valence-corrected chi connectivity index (χ1v) is 8.90. The molecule has 0 aliphatic heterocycles. The van der Waals surface area contributed by atoms with Gasteiger partial charge in [-0.15, -0.1) is 0 Å². The van der Waals surface area contributed by atoms with Crippen molar-refractivity contribution < 1.29 is 4.74 Å². The lowest BCUT2D eigenvalue weighted by Gasteiger charge is -2.13. The molecule has 3 rings (SSSR count). The third-order valence-electron chi connectivity index (χ3n) is 4.10. The molecule has 128 valence electrons. The Bertz CT molecular complexity index is 814.